The molecule has 5 nitrogen and oxygen atoms in total. The first kappa shape index (κ1) is 16.2. The maximum atomic E-state index is 11.7. The minimum absolute atomic E-state index is 0. The summed E-state index contributed by atoms with van der Waals surface area (Å²) in [5.41, 5.74) is 4.80. The summed E-state index contributed by atoms with van der Waals surface area (Å²) in [4.78, 5) is 24.7. The van der Waals surface area contributed by atoms with E-state index >= 15 is 0 Å². The van der Waals surface area contributed by atoms with E-state index in [2.05, 4.69) is 5.32 Å². The molecule has 0 radical (unpaired) electrons. The number of hydrogen-bond acceptors (Lipinski definition) is 3. The van der Waals surface area contributed by atoms with Crippen molar-refractivity contribution in [2.75, 3.05) is 13.6 Å². The van der Waals surface area contributed by atoms with Gasteiger partial charge in [-0.05, 0) is 33.6 Å². The second kappa shape index (κ2) is 5.23. The highest BCUT2D eigenvalue weighted by atomic mass is 35.5. The minimum Gasteiger partial charge on any atom is -0.350 e. The van der Waals surface area contributed by atoms with E-state index in [0.29, 0.717) is 0 Å². The highest BCUT2D eigenvalue weighted by Crippen LogP contribution is 2.33. The van der Waals surface area contributed by atoms with E-state index in [0.717, 1.165) is 12.8 Å². The average Bonchev–Trinajstić information content (AvgIpc) is 2.79. The van der Waals surface area contributed by atoms with Gasteiger partial charge >= 0.3 is 0 Å². The molecular formula is C11H22ClN3O2. The van der Waals surface area contributed by atoms with Gasteiger partial charge < -0.3 is 16.0 Å². The number of likely N-dealkylation sites (N-methyl/N-ethyl adjacent to an activating group) is 1. The van der Waals surface area contributed by atoms with E-state index in [9.17, 15) is 9.59 Å². The molecule has 100 valence electrons. The number of amides is 2. The number of halogens is 1. The van der Waals surface area contributed by atoms with Crippen LogP contribution in [0.1, 0.15) is 33.6 Å². The van der Waals surface area contributed by atoms with Gasteiger partial charge in [0.2, 0.25) is 11.8 Å². The quantitative estimate of drug-likeness (QED) is 0.768. The number of nitrogens with one attached hydrogen (secondary N) is 1. The summed E-state index contributed by atoms with van der Waals surface area (Å²) in [7, 11) is 1.61. The topological polar surface area (TPSA) is 75.4 Å². The molecule has 2 amide bonds. The molecule has 6 heteroatoms. The van der Waals surface area contributed by atoms with Gasteiger partial charge in [-0.15, -0.1) is 12.4 Å². The molecule has 0 unspecified atom stereocenters. The molecule has 1 fully saturated rings. The number of rotatable bonds is 3. The maximum Gasteiger partial charge on any atom is 0.242 e. The first-order valence-corrected chi connectivity index (χ1v) is 5.49. The summed E-state index contributed by atoms with van der Waals surface area (Å²) in [6.45, 7) is 5.77. The predicted molar refractivity (Wildman–Crippen MR) is 68.9 cm³/mol. The van der Waals surface area contributed by atoms with Gasteiger partial charge in [0.25, 0.3) is 0 Å². The van der Waals surface area contributed by atoms with Gasteiger partial charge in [0.15, 0.2) is 0 Å². The van der Waals surface area contributed by atoms with E-state index in [4.69, 9.17) is 5.73 Å². The third-order valence-corrected chi connectivity index (χ3v) is 2.46. The van der Waals surface area contributed by atoms with E-state index in [1.807, 2.05) is 20.8 Å². The largest absolute Gasteiger partial charge is 0.350 e. The first-order valence-electron chi connectivity index (χ1n) is 5.49. The monoisotopic (exact) mass is 263 g/mol. The van der Waals surface area contributed by atoms with Crippen molar-refractivity contribution in [2.24, 2.45) is 5.73 Å². The molecule has 0 bridgehead atoms. The van der Waals surface area contributed by atoms with Gasteiger partial charge in [-0.1, -0.05) is 0 Å². The molecule has 0 aromatic rings. The van der Waals surface area contributed by atoms with Crippen LogP contribution in [0.3, 0.4) is 0 Å². The van der Waals surface area contributed by atoms with E-state index in [-0.39, 0.29) is 36.3 Å². The zero-order valence-corrected chi connectivity index (χ0v) is 11.7. The van der Waals surface area contributed by atoms with E-state index < -0.39 is 5.54 Å². The van der Waals surface area contributed by atoms with E-state index in [1.54, 1.807) is 7.05 Å². The number of carbonyl (C=O) groups excluding carboxylic acids is 2. The molecule has 0 aromatic carbocycles. The molecule has 0 saturated heterocycles. The highest BCUT2D eigenvalue weighted by molar-refractivity contribution is 5.92. The molecule has 1 aliphatic carbocycles. The van der Waals surface area contributed by atoms with Crippen molar-refractivity contribution in [1.82, 2.24) is 10.2 Å². The van der Waals surface area contributed by atoms with Gasteiger partial charge in [0.1, 0.15) is 0 Å². The fraction of sp³-hybridized carbons (Fsp3) is 0.818. The summed E-state index contributed by atoms with van der Waals surface area (Å²) in [6, 6.07) is 0. The fourth-order valence-electron chi connectivity index (χ4n) is 1.47. The molecule has 3 N–H and O–H groups in total. The summed E-state index contributed by atoms with van der Waals surface area (Å²) in [6.07, 6.45) is 1.44. The van der Waals surface area contributed by atoms with Crippen molar-refractivity contribution < 1.29 is 9.59 Å². The standard InChI is InChI=1S/C11H21N3O2.ClH/c1-10(2,3)13-8(15)7-14(4)9(16)11(12)5-6-11;/h5-7,12H2,1-4H3,(H,13,15);1H. The van der Waals surface area contributed by atoms with Crippen molar-refractivity contribution in [1.29, 1.82) is 0 Å². The van der Waals surface area contributed by atoms with Gasteiger partial charge in [0, 0.05) is 12.6 Å². The molecule has 0 spiro atoms. The van der Waals surface area contributed by atoms with Crippen LogP contribution < -0.4 is 11.1 Å². The SMILES string of the molecule is CN(CC(=O)NC(C)(C)C)C(=O)C1(N)CC1.Cl. The molecule has 1 saturated carbocycles. The van der Waals surface area contributed by atoms with Crippen molar-refractivity contribution in [2.45, 2.75) is 44.7 Å². The average molecular weight is 264 g/mol. The number of hydrogen-bond donors (Lipinski definition) is 2. The van der Waals surface area contributed by atoms with Crippen LogP contribution >= 0.6 is 12.4 Å². The molecule has 1 rings (SSSR count). The van der Waals surface area contributed by atoms with Crippen LogP contribution in [0.2, 0.25) is 0 Å². The van der Waals surface area contributed by atoms with Crippen LogP contribution in [0, 0.1) is 0 Å². The van der Waals surface area contributed by atoms with Crippen molar-refractivity contribution in [3.63, 3.8) is 0 Å². The van der Waals surface area contributed by atoms with Gasteiger partial charge in [-0.2, -0.15) is 0 Å². The Labute approximate surface area is 109 Å². The first-order chi connectivity index (χ1) is 7.14. The Hall–Kier alpha value is -0.810. The summed E-state index contributed by atoms with van der Waals surface area (Å²) < 4.78 is 0. The van der Waals surface area contributed by atoms with Gasteiger partial charge in [-0.25, -0.2) is 0 Å². The molecular weight excluding hydrogens is 242 g/mol. The summed E-state index contributed by atoms with van der Waals surface area (Å²) in [5.74, 6) is -0.302. The third kappa shape index (κ3) is 4.91. The molecule has 1 aliphatic rings. The van der Waals surface area contributed by atoms with Crippen LogP contribution in [0.25, 0.3) is 0 Å². The zero-order valence-electron chi connectivity index (χ0n) is 10.9. The van der Waals surface area contributed by atoms with Crippen molar-refractivity contribution >= 4 is 24.2 Å². The lowest BCUT2D eigenvalue weighted by Gasteiger charge is -2.24. The summed E-state index contributed by atoms with van der Waals surface area (Å²) in [5, 5.41) is 2.80. The fourth-order valence-corrected chi connectivity index (χ4v) is 1.47. The van der Waals surface area contributed by atoms with Crippen LogP contribution in [0.15, 0.2) is 0 Å². The molecule has 0 heterocycles. The van der Waals surface area contributed by atoms with E-state index in [1.165, 1.54) is 4.90 Å². The second-order valence-corrected chi connectivity index (χ2v) is 5.62. The lowest BCUT2D eigenvalue weighted by atomic mass is 10.1. The molecule has 0 atom stereocenters. The number of carbonyl (C=O) groups is 2. The second-order valence-electron chi connectivity index (χ2n) is 5.62. The van der Waals surface area contributed by atoms with Crippen molar-refractivity contribution in [3.8, 4) is 0 Å². The number of nitrogens with two attached hydrogens (primary N) is 1. The van der Waals surface area contributed by atoms with Crippen LogP contribution in [-0.2, 0) is 9.59 Å². The number of nitrogens with zero attached hydrogens (tertiary/aromatic N) is 1. The smallest absolute Gasteiger partial charge is 0.242 e. The Bertz CT molecular complexity index is 308. The lowest BCUT2D eigenvalue weighted by Crippen LogP contribution is -2.50. The molecule has 0 aromatic heterocycles. The Morgan fingerprint density at radius 2 is 1.82 bits per heavy atom. The maximum absolute atomic E-state index is 11.7. The predicted octanol–water partition coefficient (Wildman–Crippen LogP) is 0.273. The Kier molecular flexibility index (Phi) is 4.98. The van der Waals surface area contributed by atoms with Gasteiger partial charge in [-0.3, -0.25) is 9.59 Å². The highest BCUT2D eigenvalue weighted by Gasteiger charge is 2.47. The van der Waals surface area contributed by atoms with Crippen molar-refractivity contribution in [3.05, 3.63) is 0 Å². The normalized spacial score (nSPS) is 16.8. The lowest BCUT2D eigenvalue weighted by molar-refractivity contribution is -0.136. The Balaban J connectivity index is 0.00000256. The Morgan fingerprint density at radius 3 is 2.18 bits per heavy atom. The van der Waals surface area contributed by atoms with Gasteiger partial charge in [0.05, 0.1) is 12.1 Å². The van der Waals surface area contributed by atoms with Crippen LogP contribution in [-0.4, -0.2) is 41.4 Å². The molecule has 17 heavy (non-hydrogen) atoms. The van der Waals surface area contributed by atoms with Crippen LogP contribution in [0.4, 0.5) is 0 Å². The molecule has 0 aliphatic heterocycles. The van der Waals surface area contributed by atoms with Crippen LogP contribution in [0.5, 0.6) is 0 Å². The Morgan fingerprint density at radius 1 is 1.35 bits per heavy atom. The summed E-state index contributed by atoms with van der Waals surface area (Å²) >= 11 is 0. The minimum atomic E-state index is -0.698. The zero-order chi connectivity index (χ0) is 12.6. The third-order valence-electron chi connectivity index (χ3n) is 2.46.